The van der Waals surface area contributed by atoms with Crippen LogP contribution in [-0.2, 0) is 11.3 Å². The van der Waals surface area contributed by atoms with Crippen LogP contribution in [0.1, 0.15) is 12.5 Å². The molecule has 0 amide bonds. The number of nitrogens with one attached hydrogen (secondary N) is 1. The topological polar surface area (TPSA) is 33.7 Å². The van der Waals surface area contributed by atoms with Crippen molar-refractivity contribution < 1.29 is 13.9 Å². The molecule has 0 unspecified atom stereocenters. The van der Waals surface area contributed by atoms with Crippen LogP contribution in [0.15, 0.2) is 18.2 Å². The Balaban J connectivity index is 1.80. The molecule has 1 aromatic rings. The number of morpholine rings is 1. The van der Waals surface area contributed by atoms with Gasteiger partial charge in [0.25, 0.3) is 0 Å². The van der Waals surface area contributed by atoms with Gasteiger partial charge in [-0.2, -0.15) is 0 Å². The highest BCUT2D eigenvalue weighted by molar-refractivity contribution is 5.29. The summed E-state index contributed by atoms with van der Waals surface area (Å²) in [6.07, 6.45) is 0. The maximum atomic E-state index is 13.5. The zero-order valence-electron chi connectivity index (χ0n) is 12.0. The molecule has 1 aliphatic heterocycles. The molecule has 112 valence electrons. The zero-order chi connectivity index (χ0) is 14.2. The van der Waals surface area contributed by atoms with Crippen LogP contribution >= 0.6 is 0 Å². The third-order valence-electron chi connectivity index (χ3n) is 3.29. The number of ether oxygens (including phenoxy) is 2. The van der Waals surface area contributed by atoms with Crippen molar-refractivity contribution >= 4 is 0 Å². The third kappa shape index (κ3) is 5.07. The van der Waals surface area contributed by atoms with E-state index in [-0.39, 0.29) is 5.82 Å². The Hall–Kier alpha value is -1.17. The van der Waals surface area contributed by atoms with E-state index in [9.17, 15) is 4.39 Å². The molecule has 1 heterocycles. The first-order chi connectivity index (χ1) is 9.78. The van der Waals surface area contributed by atoms with Gasteiger partial charge in [0.15, 0.2) is 0 Å². The summed E-state index contributed by atoms with van der Waals surface area (Å²) in [6, 6.07) is 4.87. The molecule has 1 aliphatic rings. The van der Waals surface area contributed by atoms with Crippen LogP contribution in [0.4, 0.5) is 4.39 Å². The summed E-state index contributed by atoms with van der Waals surface area (Å²) in [6.45, 7) is 8.43. The van der Waals surface area contributed by atoms with Crippen LogP contribution in [-0.4, -0.2) is 50.9 Å². The highest BCUT2D eigenvalue weighted by atomic mass is 19.1. The minimum Gasteiger partial charge on any atom is -0.492 e. The smallest absolute Gasteiger partial charge is 0.127 e. The molecule has 20 heavy (non-hydrogen) atoms. The van der Waals surface area contributed by atoms with E-state index in [1.54, 1.807) is 0 Å². The highest BCUT2D eigenvalue weighted by Crippen LogP contribution is 2.16. The highest BCUT2D eigenvalue weighted by Gasteiger charge is 2.10. The van der Waals surface area contributed by atoms with E-state index in [0.29, 0.717) is 18.9 Å². The molecule has 4 nitrogen and oxygen atoms in total. The van der Waals surface area contributed by atoms with E-state index in [2.05, 4.69) is 10.2 Å². The van der Waals surface area contributed by atoms with E-state index in [4.69, 9.17) is 9.47 Å². The minimum absolute atomic E-state index is 0.248. The number of rotatable bonds is 7. The van der Waals surface area contributed by atoms with Gasteiger partial charge < -0.3 is 14.8 Å². The predicted molar refractivity (Wildman–Crippen MR) is 76.5 cm³/mol. The summed E-state index contributed by atoms with van der Waals surface area (Å²) >= 11 is 0. The fourth-order valence-corrected chi connectivity index (χ4v) is 2.19. The van der Waals surface area contributed by atoms with Gasteiger partial charge in [-0.1, -0.05) is 6.92 Å². The van der Waals surface area contributed by atoms with Crippen molar-refractivity contribution in [1.29, 1.82) is 0 Å². The molecule has 0 bridgehead atoms. The first-order valence-corrected chi connectivity index (χ1v) is 7.21. The maximum Gasteiger partial charge on any atom is 0.127 e. The fourth-order valence-electron chi connectivity index (χ4n) is 2.19. The van der Waals surface area contributed by atoms with Crippen LogP contribution in [0.2, 0.25) is 0 Å². The number of benzene rings is 1. The van der Waals surface area contributed by atoms with E-state index in [0.717, 1.165) is 45.0 Å². The summed E-state index contributed by atoms with van der Waals surface area (Å²) < 4.78 is 24.5. The Morgan fingerprint density at radius 3 is 2.85 bits per heavy atom. The standard InChI is InChI=1S/C15H23FN2O2/c1-2-17-12-13-9-14(16)11-15(10-13)20-8-5-18-3-6-19-7-4-18/h9-11,17H,2-8,12H2,1H3. The molecule has 0 aliphatic carbocycles. The second-order valence-electron chi connectivity index (χ2n) is 4.88. The molecular weight excluding hydrogens is 259 g/mol. The summed E-state index contributed by atoms with van der Waals surface area (Å²) in [5, 5.41) is 3.18. The quantitative estimate of drug-likeness (QED) is 0.824. The van der Waals surface area contributed by atoms with E-state index < -0.39 is 0 Å². The second kappa shape index (κ2) is 8.19. The lowest BCUT2D eigenvalue weighted by Gasteiger charge is -2.26. The molecule has 1 N–H and O–H groups in total. The monoisotopic (exact) mass is 282 g/mol. The number of hydrogen-bond acceptors (Lipinski definition) is 4. The Morgan fingerprint density at radius 1 is 1.30 bits per heavy atom. The Morgan fingerprint density at radius 2 is 2.10 bits per heavy atom. The van der Waals surface area contributed by atoms with Crippen molar-refractivity contribution in [1.82, 2.24) is 10.2 Å². The minimum atomic E-state index is -0.248. The zero-order valence-corrected chi connectivity index (χ0v) is 12.0. The average molecular weight is 282 g/mol. The van der Waals surface area contributed by atoms with Gasteiger partial charge in [-0.25, -0.2) is 4.39 Å². The van der Waals surface area contributed by atoms with Gasteiger partial charge in [0, 0.05) is 32.2 Å². The first-order valence-electron chi connectivity index (χ1n) is 7.21. The van der Waals surface area contributed by atoms with Gasteiger partial charge in [-0.15, -0.1) is 0 Å². The lowest BCUT2D eigenvalue weighted by molar-refractivity contribution is 0.0322. The van der Waals surface area contributed by atoms with Crippen LogP contribution in [0, 0.1) is 5.82 Å². The van der Waals surface area contributed by atoms with E-state index in [1.807, 2.05) is 13.0 Å². The summed E-state index contributed by atoms with van der Waals surface area (Å²) in [7, 11) is 0. The van der Waals surface area contributed by atoms with Crippen LogP contribution in [0.5, 0.6) is 5.75 Å². The van der Waals surface area contributed by atoms with Crippen molar-refractivity contribution in [3.05, 3.63) is 29.6 Å². The van der Waals surface area contributed by atoms with Gasteiger partial charge in [-0.3, -0.25) is 4.90 Å². The molecule has 0 saturated carbocycles. The van der Waals surface area contributed by atoms with E-state index in [1.165, 1.54) is 12.1 Å². The number of nitrogens with zero attached hydrogens (tertiary/aromatic N) is 1. The first kappa shape index (κ1) is 15.2. The SMILES string of the molecule is CCNCc1cc(F)cc(OCCN2CCOCC2)c1. The largest absolute Gasteiger partial charge is 0.492 e. The Labute approximate surface area is 119 Å². The Bertz CT molecular complexity index is 409. The predicted octanol–water partition coefficient (Wildman–Crippen LogP) is 1.65. The van der Waals surface area contributed by atoms with Crippen LogP contribution in [0.3, 0.4) is 0 Å². The molecule has 0 radical (unpaired) electrons. The molecule has 1 aromatic carbocycles. The number of halogens is 1. The van der Waals surface area contributed by atoms with Gasteiger partial charge in [-0.05, 0) is 24.2 Å². The molecular formula is C15H23FN2O2. The number of hydrogen-bond donors (Lipinski definition) is 1. The molecule has 5 heteroatoms. The summed E-state index contributed by atoms with van der Waals surface area (Å²) in [5.41, 5.74) is 0.910. The van der Waals surface area contributed by atoms with Crippen molar-refractivity contribution in [3.63, 3.8) is 0 Å². The van der Waals surface area contributed by atoms with Crippen LogP contribution in [0.25, 0.3) is 0 Å². The molecule has 1 saturated heterocycles. The molecule has 2 rings (SSSR count). The molecule has 0 spiro atoms. The lowest BCUT2D eigenvalue weighted by atomic mass is 10.2. The molecule has 1 fully saturated rings. The molecule has 0 atom stereocenters. The van der Waals surface area contributed by atoms with Gasteiger partial charge >= 0.3 is 0 Å². The van der Waals surface area contributed by atoms with Crippen molar-refractivity contribution in [2.24, 2.45) is 0 Å². The van der Waals surface area contributed by atoms with Gasteiger partial charge in [0.05, 0.1) is 13.2 Å². The summed E-state index contributed by atoms with van der Waals surface area (Å²) in [5.74, 6) is 0.355. The molecule has 0 aromatic heterocycles. The lowest BCUT2D eigenvalue weighted by Crippen LogP contribution is -2.38. The third-order valence-corrected chi connectivity index (χ3v) is 3.29. The van der Waals surface area contributed by atoms with Gasteiger partial charge in [0.2, 0.25) is 0 Å². The average Bonchev–Trinajstić information content (AvgIpc) is 2.46. The Kier molecular flexibility index (Phi) is 6.24. The van der Waals surface area contributed by atoms with Crippen LogP contribution < -0.4 is 10.1 Å². The fraction of sp³-hybridized carbons (Fsp3) is 0.600. The normalized spacial score (nSPS) is 16.3. The van der Waals surface area contributed by atoms with Crippen molar-refractivity contribution in [2.75, 3.05) is 46.0 Å². The van der Waals surface area contributed by atoms with E-state index >= 15 is 0 Å². The maximum absolute atomic E-state index is 13.5. The van der Waals surface area contributed by atoms with Crippen molar-refractivity contribution in [3.8, 4) is 5.75 Å². The summed E-state index contributed by atoms with van der Waals surface area (Å²) in [4.78, 5) is 2.29. The van der Waals surface area contributed by atoms with Gasteiger partial charge in [0.1, 0.15) is 18.2 Å². The second-order valence-corrected chi connectivity index (χ2v) is 4.88. The van der Waals surface area contributed by atoms with Crippen molar-refractivity contribution in [2.45, 2.75) is 13.5 Å².